The van der Waals surface area contributed by atoms with Gasteiger partial charge in [0.2, 0.25) is 0 Å². The molecule has 0 bridgehead atoms. The van der Waals surface area contributed by atoms with Crippen LogP contribution < -0.4 is 16.0 Å². The third kappa shape index (κ3) is 7.74. The highest BCUT2D eigenvalue weighted by Crippen LogP contribution is 2.00. The van der Waals surface area contributed by atoms with Crippen LogP contribution in [0.4, 0.5) is 0 Å². The van der Waals surface area contributed by atoms with Crippen LogP contribution in [0.5, 0.6) is 0 Å². The highest BCUT2D eigenvalue weighted by atomic mass is 16.3. The maximum atomic E-state index is 5.36. The van der Waals surface area contributed by atoms with Crippen molar-refractivity contribution in [2.24, 2.45) is 0 Å². The molecule has 152 valence electrons. The van der Waals surface area contributed by atoms with Crippen molar-refractivity contribution in [1.82, 2.24) is 20.9 Å². The van der Waals surface area contributed by atoms with Crippen LogP contribution in [0.15, 0.2) is 68.4 Å². The van der Waals surface area contributed by atoms with E-state index in [1.165, 1.54) is 0 Å². The van der Waals surface area contributed by atoms with E-state index in [-0.39, 0.29) is 0 Å². The molecule has 3 aromatic heterocycles. The summed E-state index contributed by atoms with van der Waals surface area (Å²) in [7, 11) is 0. The zero-order chi connectivity index (χ0) is 19.3. The van der Waals surface area contributed by atoms with Crippen molar-refractivity contribution in [3.8, 4) is 0 Å². The quantitative estimate of drug-likeness (QED) is 0.346. The second-order valence-corrected chi connectivity index (χ2v) is 6.61. The van der Waals surface area contributed by atoms with Crippen molar-refractivity contribution in [3.63, 3.8) is 0 Å². The lowest BCUT2D eigenvalue weighted by Crippen LogP contribution is -2.40. The summed E-state index contributed by atoms with van der Waals surface area (Å²) in [4.78, 5) is 2.44. The average Bonchev–Trinajstić information content (AvgIpc) is 3.48. The summed E-state index contributed by atoms with van der Waals surface area (Å²) in [5.41, 5.74) is 0. The molecule has 0 amide bonds. The number of furan rings is 3. The Bertz CT molecular complexity index is 611. The van der Waals surface area contributed by atoms with Gasteiger partial charge in [-0.2, -0.15) is 0 Å². The minimum atomic E-state index is 0.758. The number of nitrogens with zero attached hydrogens (tertiary/aromatic N) is 1. The first kappa shape index (κ1) is 20.4. The fraction of sp³-hybridized carbons (Fsp3) is 0.429. The Hall–Kier alpha value is -2.32. The molecule has 0 aliphatic carbocycles. The van der Waals surface area contributed by atoms with Gasteiger partial charge in [0.25, 0.3) is 0 Å². The van der Waals surface area contributed by atoms with Crippen molar-refractivity contribution in [1.29, 1.82) is 0 Å². The molecule has 0 aliphatic rings. The molecule has 0 radical (unpaired) electrons. The van der Waals surface area contributed by atoms with E-state index in [9.17, 15) is 0 Å². The summed E-state index contributed by atoms with van der Waals surface area (Å²) in [5, 5.41) is 10.3. The summed E-state index contributed by atoms with van der Waals surface area (Å²) >= 11 is 0. The van der Waals surface area contributed by atoms with Crippen molar-refractivity contribution < 1.29 is 13.3 Å². The van der Waals surface area contributed by atoms with Gasteiger partial charge in [0.05, 0.1) is 38.4 Å². The molecule has 0 aliphatic heterocycles. The molecule has 0 unspecified atom stereocenters. The van der Waals surface area contributed by atoms with Gasteiger partial charge in [-0.1, -0.05) is 0 Å². The highest BCUT2D eigenvalue weighted by Gasteiger charge is 2.06. The van der Waals surface area contributed by atoms with Crippen LogP contribution in [-0.4, -0.2) is 44.2 Å². The van der Waals surface area contributed by atoms with E-state index in [0.29, 0.717) is 0 Å². The monoisotopic (exact) mass is 386 g/mol. The van der Waals surface area contributed by atoms with Gasteiger partial charge in [-0.25, -0.2) is 0 Å². The fourth-order valence-electron chi connectivity index (χ4n) is 2.92. The SMILES string of the molecule is c1coc(CNCCN(CCNCc2ccco2)CCNCc2ccco2)c1. The molecule has 28 heavy (non-hydrogen) atoms. The number of hydrogen-bond acceptors (Lipinski definition) is 7. The zero-order valence-electron chi connectivity index (χ0n) is 16.2. The van der Waals surface area contributed by atoms with Gasteiger partial charge in [0.1, 0.15) is 17.3 Å². The molecule has 7 nitrogen and oxygen atoms in total. The molecule has 3 rings (SSSR count). The standard InChI is InChI=1S/C21H30N4O3/c1-4-19(26-13-1)16-22-7-10-25(11-8-23-17-20-5-2-14-27-20)12-9-24-18-21-6-3-15-28-21/h1-6,13-15,22-24H,7-12,16-18H2. The number of rotatable bonds is 15. The van der Waals surface area contributed by atoms with Crippen LogP contribution in [0.2, 0.25) is 0 Å². The molecule has 7 heteroatoms. The molecular weight excluding hydrogens is 356 g/mol. The Morgan fingerprint density at radius 3 is 1.21 bits per heavy atom. The first-order valence-electron chi connectivity index (χ1n) is 9.82. The van der Waals surface area contributed by atoms with Gasteiger partial charge in [0.15, 0.2) is 0 Å². The molecule has 3 aromatic rings. The van der Waals surface area contributed by atoms with Crippen LogP contribution in [0.25, 0.3) is 0 Å². The van der Waals surface area contributed by atoms with Crippen molar-refractivity contribution in [2.45, 2.75) is 19.6 Å². The van der Waals surface area contributed by atoms with Gasteiger partial charge in [-0.15, -0.1) is 0 Å². The Morgan fingerprint density at radius 2 is 0.929 bits per heavy atom. The van der Waals surface area contributed by atoms with Crippen LogP contribution in [0, 0.1) is 0 Å². The normalized spacial score (nSPS) is 11.5. The van der Waals surface area contributed by atoms with E-state index in [0.717, 1.165) is 76.2 Å². The minimum Gasteiger partial charge on any atom is -0.468 e. The topological polar surface area (TPSA) is 78.8 Å². The highest BCUT2D eigenvalue weighted by molar-refractivity contribution is 4.98. The maximum Gasteiger partial charge on any atom is 0.117 e. The second kappa shape index (κ2) is 12.2. The predicted octanol–water partition coefficient (Wildman–Crippen LogP) is 2.44. The molecule has 0 fully saturated rings. The third-order valence-electron chi connectivity index (χ3n) is 4.45. The number of hydrogen-bond donors (Lipinski definition) is 3. The van der Waals surface area contributed by atoms with Crippen molar-refractivity contribution >= 4 is 0 Å². The Morgan fingerprint density at radius 1 is 0.571 bits per heavy atom. The van der Waals surface area contributed by atoms with E-state index >= 15 is 0 Å². The summed E-state index contributed by atoms with van der Waals surface area (Å²) in [6.45, 7) is 7.95. The fourth-order valence-corrected chi connectivity index (χ4v) is 2.92. The Labute approximate surface area is 166 Å². The smallest absolute Gasteiger partial charge is 0.117 e. The van der Waals surface area contributed by atoms with Crippen LogP contribution in [0.3, 0.4) is 0 Å². The summed E-state index contributed by atoms with van der Waals surface area (Å²) < 4.78 is 16.1. The largest absolute Gasteiger partial charge is 0.468 e. The van der Waals surface area contributed by atoms with Crippen LogP contribution in [-0.2, 0) is 19.6 Å². The summed E-state index contributed by atoms with van der Waals surface area (Å²) in [6.07, 6.45) is 5.12. The molecule has 0 spiro atoms. The van der Waals surface area contributed by atoms with Crippen molar-refractivity contribution in [3.05, 3.63) is 72.5 Å². The lowest BCUT2D eigenvalue weighted by molar-refractivity contribution is 0.267. The summed E-state index contributed by atoms with van der Waals surface area (Å²) in [6, 6.07) is 11.7. The zero-order valence-corrected chi connectivity index (χ0v) is 16.2. The lowest BCUT2D eigenvalue weighted by Gasteiger charge is -2.23. The first-order chi connectivity index (χ1) is 13.9. The van der Waals surface area contributed by atoms with Crippen LogP contribution >= 0.6 is 0 Å². The van der Waals surface area contributed by atoms with Gasteiger partial charge in [-0.3, -0.25) is 4.90 Å². The molecule has 0 saturated heterocycles. The van der Waals surface area contributed by atoms with Gasteiger partial charge in [-0.05, 0) is 36.4 Å². The molecule has 0 saturated carbocycles. The van der Waals surface area contributed by atoms with E-state index in [1.54, 1.807) is 18.8 Å². The molecule has 3 N–H and O–H groups in total. The van der Waals surface area contributed by atoms with Gasteiger partial charge < -0.3 is 29.2 Å². The van der Waals surface area contributed by atoms with Gasteiger partial charge in [0, 0.05) is 39.3 Å². The molecule has 0 atom stereocenters. The molecular formula is C21H30N4O3. The van der Waals surface area contributed by atoms with Crippen molar-refractivity contribution in [2.75, 3.05) is 39.3 Å². The van der Waals surface area contributed by atoms with E-state index in [1.807, 2.05) is 36.4 Å². The van der Waals surface area contributed by atoms with Gasteiger partial charge >= 0.3 is 0 Å². The third-order valence-corrected chi connectivity index (χ3v) is 4.45. The molecule has 3 heterocycles. The van der Waals surface area contributed by atoms with E-state index in [4.69, 9.17) is 13.3 Å². The first-order valence-corrected chi connectivity index (χ1v) is 9.82. The van der Waals surface area contributed by atoms with Crippen LogP contribution in [0.1, 0.15) is 17.3 Å². The average molecular weight is 386 g/mol. The number of nitrogens with one attached hydrogen (secondary N) is 3. The Balaban J connectivity index is 1.32. The predicted molar refractivity (Wildman–Crippen MR) is 108 cm³/mol. The Kier molecular flexibility index (Phi) is 8.90. The molecule has 0 aromatic carbocycles. The van der Waals surface area contributed by atoms with E-state index < -0.39 is 0 Å². The maximum absolute atomic E-state index is 5.36. The lowest BCUT2D eigenvalue weighted by atomic mass is 10.4. The minimum absolute atomic E-state index is 0.758. The second-order valence-electron chi connectivity index (χ2n) is 6.61. The summed E-state index contributed by atoms with van der Waals surface area (Å²) in [5.74, 6) is 2.89. The van der Waals surface area contributed by atoms with E-state index in [2.05, 4.69) is 20.9 Å².